The van der Waals surface area contributed by atoms with Crippen molar-refractivity contribution in [1.82, 2.24) is 10.3 Å². The second-order valence-electron chi connectivity index (χ2n) is 7.56. The Hall–Kier alpha value is -3.45. The molecule has 7 heteroatoms. The number of hydrogen-bond donors (Lipinski definition) is 1. The van der Waals surface area contributed by atoms with E-state index in [9.17, 15) is 9.59 Å². The molecule has 0 aliphatic rings. The Balaban J connectivity index is 1.33. The van der Waals surface area contributed by atoms with E-state index in [-0.39, 0.29) is 19.1 Å². The molecule has 1 N–H and O–H groups in total. The summed E-state index contributed by atoms with van der Waals surface area (Å²) in [6, 6.07) is 15.6. The van der Waals surface area contributed by atoms with Crippen LogP contribution in [0.5, 0.6) is 5.75 Å². The van der Waals surface area contributed by atoms with Gasteiger partial charge in [-0.25, -0.2) is 9.78 Å². The molecule has 0 atom stereocenters. The van der Waals surface area contributed by atoms with E-state index in [1.807, 2.05) is 67.8 Å². The third-order valence-corrected chi connectivity index (χ3v) is 5.58. The molecule has 0 saturated heterocycles. The van der Waals surface area contributed by atoms with Gasteiger partial charge in [0.15, 0.2) is 0 Å². The van der Waals surface area contributed by atoms with Crippen LogP contribution in [0, 0.1) is 13.8 Å². The van der Waals surface area contributed by atoms with Crippen LogP contribution in [0.1, 0.15) is 33.8 Å². The molecular formula is C26H28N2O4S. The first-order valence-electron chi connectivity index (χ1n) is 10.8. The molecule has 0 saturated carbocycles. The average Bonchev–Trinajstić information content (AvgIpc) is 3.24. The smallest absolute Gasteiger partial charge is 0.330 e. The predicted octanol–water partition coefficient (Wildman–Crippen LogP) is 4.64. The second-order valence-corrected chi connectivity index (χ2v) is 8.62. The number of esters is 1. The highest BCUT2D eigenvalue weighted by atomic mass is 32.1. The van der Waals surface area contributed by atoms with Crippen LogP contribution in [0.25, 0.3) is 6.08 Å². The number of carbonyl (C=O) groups is 2. The molecular weight excluding hydrogens is 436 g/mol. The van der Waals surface area contributed by atoms with E-state index in [0.717, 1.165) is 21.8 Å². The summed E-state index contributed by atoms with van der Waals surface area (Å²) < 4.78 is 10.9. The lowest BCUT2D eigenvalue weighted by molar-refractivity contribution is -0.138. The molecule has 0 aliphatic carbocycles. The Bertz CT molecular complexity index is 1090. The highest BCUT2D eigenvalue weighted by Gasteiger charge is 2.04. The number of rotatable bonds is 11. The Kier molecular flexibility index (Phi) is 9.20. The number of benzene rings is 2. The van der Waals surface area contributed by atoms with Gasteiger partial charge in [0, 0.05) is 17.9 Å². The minimum Gasteiger partial charge on any atom is -0.487 e. The van der Waals surface area contributed by atoms with E-state index in [1.54, 1.807) is 17.4 Å². The SMILES string of the molecule is Cc1ccc(CCC(=O)NCCOC(=O)/C=C/c2cccc(OCc3csc(C)n3)c2)cc1. The monoisotopic (exact) mass is 464 g/mol. The van der Waals surface area contributed by atoms with E-state index in [0.29, 0.717) is 25.2 Å². The number of aryl methyl sites for hydroxylation is 3. The van der Waals surface area contributed by atoms with E-state index >= 15 is 0 Å². The number of hydrogen-bond acceptors (Lipinski definition) is 6. The molecule has 0 radical (unpaired) electrons. The molecule has 2 aromatic carbocycles. The van der Waals surface area contributed by atoms with Crippen LogP contribution in [-0.2, 0) is 27.4 Å². The first kappa shape index (κ1) is 24.2. The lowest BCUT2D eigenvalue weighted by atomic mass is 10.1. The molecule has 0 fully saturated rings. The van der Waals surface area contributed by atoms with Crippen LogP contribution in [0.4, 0.5) is 0 Å². The van der Waals surface area contributed by atoms with Crippen molar-refractivity contribution in [3.63, 3.8) is 0 Å². The van der Waals surface area contributed by atoms with Crippen molar-refractivity contribution in [3.8, 4) is 5.75 Å². The molecule has 0 unspecified atom stereocenters. The Morgan fingerprint density at radius 3 is 2.70 bits per heavy atom. The van der Waals surface area contributed by atoms with Gasteiger partial charge in [0.1, 0.15) is 19.0 Å². The fourth-order valence-electron chi connectivity index (χ4n) is 3.00. The molecule has 172 valence electrons. The number of aromatic nitrogens is 1. The molecule has 1 heterocycles. The lowest BCUT2D eigenvalue weighted by Crippen LogP contribution is -2.28. The molecule has 0 spiro atoms. The van der Waals surface area contributed by atoms with E-state index < -0.39 is 5.97 Å². The van der Waals surface area contributed by atoms with Crippen molar-refractivity contribution in [1.29, 1.82) is 0 Å². The third kappa shape index (κ3) is 8.90. The molecule has 1 amide bonds. The van der Waals surface area contributed by atoms with Gasteiger partial charge in [-0.1, -0.05) is 42.0 Å². The summed E-state index contributed by atoms with van der Waals surface area (Å²) in [4.78, 5) is 28.2. The summed E-state index contributed by atoms with van der Waals surface area (Å²) in [6.45, 7) is 4.79. The first-order chi connectivity index (χ1) is 16.0. The van der Waals surface area contributed by atoms with Crippen LogP contribution in [-0.4, -0.2) is 30.0 Å². The Labute approximate surface area is 198 Å². The number of nitrogens with one attached hydrogen (secondary N) is 1. The molecule has 1 aromatic heterocycles. The second kappa shape index (κ2) is 12.6. The third-order valence-electron chi connectivity index (χ3n) is 4.75. The van der Waals surface area contributed by atoms with Crippen LogP contribution in [0.2, 0.25) is 0 Å². The normalized spacial score (nSPS) is 10.8. The zero-order valence-corrected chi connectivity index (χ0v) is 19.7. The van der Waals surface area contributed by atoms with Gasteiger partial charge in [0.05, 0.1) is 17.2 Å². The van der Waals surface area contributed by atoms with Crippen molar-refractivity contribution < 1.29 is 19.1 Å². The maximum atomic E-state index is 11.9. The number of nitrogens with zero attached hydrogens (tertiary/aromatic N) is 1. The zero-order chi connectivity index (χ0) is 23.5. The summed E-state index contributed by atoms with van der Waals surface area (Å²) in [7, 11) is 0. The molecule has 3 aromatic rings. The molecule has 33 heavy (non-hydrogen) atoms. The largest absolute Gasteiger partial charge is 0.487 e. The molecule has 6 nitrogen and oxygen atoms in total. The highest BCUT2D eigenvalue weighted by Crippen LogP contribution is 2.17. The van der Waals surface area contributed by atoms with Gasteiger partial charge in [0.25, 0.3) is 0 Å². The van der Waals surface area contributed by atoms with Gasteiger partial charge >= 0.3 is 5.97 Å². The molecule has 0 bridgehead atoms. The summed E-state index contributed by atoms with van der Waals surface area (Å²) >= 11 is 1.59. The summed E-state index contributed by atoms with van der Waals surface area (Å²) in [5.74, 6) is 0.171. The predicted molar refractivity (Wildman–Crippen MR) is 130 cm³/mol. The van der Waals surface area contributed by atoms with Crippen molar-refractivity contribution in [2.75, 3.05) is 13.2 Å². The highest BCUT2D eigenvalue weighted by molar-refractivity contribution is 7.09. The van der Waals surface area contributed by atoms with Crippen LogP contribution >= 0.6 is 11.3 Å². The Morgan fingerprint density at radius 2 is 1.94 bits per heavy atom. The van der Waals surface area contributed by atoms with Gasteiger partial charge in [0.2, 0.25) is 5.91 Å². The van der Waals surface area contributed by atoms with E-state index in [4.69, 9.17) is 9.47 Å². The molecule has 0 aliphatic heterocycles. The summed E-state index contributed by atoms with van der Waals surface area (Å²) in [5.41, 5.74) is 4.04. The van der Waals surface area contributed by atoms with E-state index in [2.05, 4.69) is 10.3 Å². The van der Waals surface area contributed by atoms with Crippen molar-refractivity contribution in [3.05, 3.63) is 87.4 Å². The fraction of sp³-hybridized carbons (Fsp3) is 0.269. The average molecular weight is 465 g/mol. The first-order valence-corrected chi connectivity index (χ1v) is 11.7. The van der Waals surface area contributed by atoms with Crippen molar-refractivity contribution in [2.45, 2.75) is 33.3 Å². The fourth-order valence-corrected chi connectivity index (χ4v) is 3.59. The maximum absolute atomic E-state index is 11.9. The topological polar surface area (TPSA) is 77.5 Å². The standard InChI is InChI=1S/C26H28N2O4S/c1-19-6-8-21(9-7-19)10-12-25(29)27-14-15-31-26(30)13-11-22-4-3-5-24(16-22)32-17-23-18-33-20(2)28-23/h3-9,11,13,16,18H,10,12,14-15,17H2,1-2H3,(H,27,29)/b13-11+. The summed E-state index contributed by atoms with van der Waals surface area (Å²) in [6.07, 6.45) is 4.11. The summed E-state index contributed by atoms with van der Waals surface area (Å²) in [5, 5.41) is 5.75. The van der Waals surface area contributed by atoms with Gasteiger partial charge in [-0.05, 0) is 49.6 Å². The number of amides is 1. The zero-order valence-electron chi connectivity index (χ0n) is 18.9. The van der Waals surface area contributed by atoms with Crippen LogP contribution < -0.4 is 10.1 Å². The van der Waals surface area contributed by atoms with Crippen LogP contribution in [0.3, 0.4) is 0 Å². The van der Waals surface area contributed by atoms with Gasteiger partial charge < -0.3 is 14.8 Å². The minimum atomic E-state index is -0.465. The molecule has 3 rings (SSSR count). The van der Waals surface area contributed by atoms with Crippen molar-refractivity contribution >= 4 is 29.3 Å². The number of ether oxygens (including phenoxy) is 2. The van der Waals surface area contributed by atoms with E-state index in [1.165, 1.54) is 11.6 Å². The van der Waals surface area contributed by atoms with Gasteiger partial charge in [-0.15, -0.1) is 11.3 Å². The maximum Gasteiger partial charge on any atom is 0.330 e. The number of carbonyl (C=O) groups excluding carboxylic acids is 2. The lowest BCUT2D eigenvalue weighted by Gasteiger charge is -2.06. The van der Waals surface area contributed by atoms with Gasteiger partial charge in [-0.2, -0.15) is 0 Å². The number of thiazole rings is 1. The van der Waals surface area contributed by atoms with Crippen molar-refractivity contribution in [2.24, 2.45) is 0 Å². The minimum absolute atomic E-state index is 0.0632. The van der Waals surface area contributed by atoms with Gasteiger partial charge in [-0.3, -0.25) is 4.79 Å². The Morgan fingerprint density at radius 1 is 1.12 bits per heavy atom. The quantitative estimate of drug-likeness (QED) is 0.254. The van der Waals surface area contributed by atoms with Crippen LogP contribution in [0.15, 0.2) is 60.0 Å².